The van der Waals surface area contributed by atoms with Crippen LogP contribution in [0, 0.1) is 0 Å². The van der Waals surface area contributed by atoms with E-state index >= 15 is 0 Å². The van der Waals surface area contributed by atoms with Gasteiger partial charge in [-0.3, -0.25) is 0 Å². The molecule has 1 saturated heterocycles. The summed E-state index contributed by atoms with van der Waals surface area (Å²) in [5.41, 5.74) is -1.20. The van der Waals surface area contributed by atoms with Crippen molar-refractivity contribution in [2.45, 2.75) is 18.4 Å². The van der Waals surface area contributed by atoms with Crippen LogP contribution < -0.4 is 5.32 Å². The molecule has 0 spiro atoms. The Kier molecular flexibility index (Phi) is 3.01. The van der Waals surface area contributed by atoms with Crippen LogP contribution in [0.4, 0.5) is 4.79 Å². The number of nitrogens with one attached hydrogen (secondary N) is 1. The second-order valence-electron chi connectivity index (χ2n) is 3.53. The number of hydrogen-bond donors (Lipinski definition) is 3. The summed E-state index contributed by atoms with van der Waals surface area (Å²) >= 11 is 0. The summed E-state index contributed by atoms with van der Waals surface area (Å²) in [7, 11) is -3.03. The lowest BCUT2D eigenvalue weighted by Gasteiger charge is -2.31. The molecule has 6 nitrogen and oxygen atoms in total. The van der Waals surface area contributed by atoms with Gasteiger partial charge in [0.15, 0.2) is 9.84 Å². The normalized spacial score (nSPS) is 24.1. The van der Waals surface area contributed by atoms with E-state index in [1.54, 1.807) is 0 Å². The van der Waals surface area contributed by atoms with Crippen molar-refractivity contribution in [3.63, 3.8) is 0 Å². The highest BCUT2D eigenvalue weighted by atomic mass is 32.2. The maximum absolute atomic E-state index is 11.0. The predicted octanol–water partition coefficient (Wildman–Crippen LogP) is -0.806. The Labute approximate surface area is 81.8 Å². The van der Waals surface area contributed by atoms with Crippen LogP contribution in [0.25, 0.3) is 0 Å². The van der Waals surface area contributed by atoms with Crippen LogP contribution in [0.1, 0.15) is 12.8 Å². The van der Waals surface area contributed by atoms with Crippen molar-refractivity contribution < 1.29 is 23.4 Å². The summed E-state index contributed by atoms with van der Waals surface area (Å²) in [6, 6.07) is 0. The van der Waals surface area contributed by atoms with Crippen LogP contribution in [-0.2, 0) is 9.84 Å². The molecule has 0 aromatic rings. The van der Waals surface area contributed by atoms with Crippen molar-refractivity contribution in [2.75, 3.05) is 18.1 Å². The zero-order valence-corrected chi connectivity index (χ0v) is 8.38. The Hall–Kier alpha value is -0.820. The van der Waals surface area contributed by atoms with E-state index in [2.05, 4.69) is 5.32 Å². The van der Waals surface area contributed by atoms with Gasteiger partial charge in [0.1, 0.15) is 0 Å². The van der Waals surface area contributed by atoms with Crippen molar-refractivity contribution in [1.29, 1.82) is 0 Å². The van der Waals surface area contributed by atoms with Crippen molar-refractivity contribution in [3.05, 3.63) is 0 Å². The minimum absolute atomic E-state index is 0.0786. The highest BCUT2D eigenvalue weighted by Crippen LogP contribution is 2.22. The standard InChI is InChI=1S/C7H13NO5S/c9-6(10)8-5-7(11)1-3-14(12,13)4-2-7/h8,11H,1-5H2,(H,9,10). The second kappa shape index (κ2) is 3.74. The molecule has 0 aliphatic carbocycles. The molecule has 1 amide bonds. The van der Waals surface area contributed by atoms with Crippen LogP contribution in [-0.4, -0.2) is 48.4 Å². The predicted molar refractivity (Wildman–Crippen MR) is 48.9 cm³/mol. The van der Waals surface area contributed by atoms with Gasteiger partial charge >= 0.3 is 6.09 Å². The quantitative estimate of drug-likeness (QED) is 0.568. The molecule has 3 N–H and O–H groups in total. The first-order valence-corrected chi connectivity index (χ1v) is 6.05. The molecule has 0 unspecified atom stereocenters. The first-order valence-electron chi connectivity index (χ1n) is 4.23. The Morgan fingerprint density at radius 3 is 2.29 bits per heavy atom. The van der Waals surface area contributed by atoms with Gasteiger partial charge in [-0.2, -0.15) is 0 Å². The number of rotatable bonds is 2. The first kappa shape index (κ1) is 11.3. The van der Waals surface area contributed by atoms with E-state index in [-0.39, 0.29) is 30.9 Å². The van der Waals surface area contributed by atoms with E-state index in [1.807, 2.05) is 0 Å². The van der Waals surface area contributed by atoms with E-state index in [9.17, 15) is 18.3 Å². The molecule has 7 heteroatoms. The molecule has 1 aliphatic rings. The van der Waals surface area contributed by atoms with Gasteiger partial charge in [-0.1, -0.05) is 0 Å². The van der Waals surface area contributed by atoms with E-state index in [4.69, 9.17) is 5.11 Å². The number of carbonyl (C=O) groups is 1. The molecule has 0 saturated carbocycles. The summed E-state index contributed by atoms with van der Waals surface area (Å²) in [6.07, 6.45) is -1.03. The Balaban J connectivity index is 2.49. The largest absolute Gasteiger partial charge is 0.465 e. The zero-order valence-electron chi connectivity index (χ0n) is 7.56. The highest BCUT2D eigenvalue weighted by Gasteiger charge is 2.35. The highest BCUT2D eigenvalue weighted by molar-refractivity contribution is 7.91. The summed E-state index contributed by atoms with van der Waals surface area (Å²) in [5, 5.41) is 20.1. The van der Waals surface area contributed by atoms with Crippen LogP contribution in [0.3, 0.4) is 0 Å². The van der Waals surface area contributed by atoms with Gasteiger partial charge in [-0.15, -0.1) is 0 Å². The molecule has 82 valence electrons. The van der Waals surface area contributed by atoms with Crippen LogP contribution in [0.15, 0.2) is 0 Å². The minimum Gasteiger partial charge on any atom is -0.465 e. The summed E-state index contributed by atoms with van der Waals surface area (Å²) in [6.45, 7) is -0.113. The van der Waals surface area contributed by atoms with Crippen LogP contribution >= 0.6 is 0 Å². The molecular formula is C7H13NO5S. The molecule has 1 fully saturated rings. The van der Waals surface area contributed by atoms with Gasteiger partial charge in [0.05, 0.1) is 17.1 Å². The third kappa shape index (κ3) is 3.15. The van der Waals surface area contributed by atoms with Crippen molar-refractivity contribution in [3.8, 4) is 0 Å². The van der Waals surface area contributed by atoms with Crippen molar-refractivity contribution in [2.24, 2.45) is 0 Å². The molecule has 1 heterocycles. The first-order chi connectivity index (χ1) is 6.33. The van der Waals surface area contributed by atoms with Gasteiger partial charge < -0.3 is 15.5 Å². The third-order valence-corrected chi connectivity index (χ3v) is 3.98. The average molecular weight is 223 g/mol. The molecule has 0 aromatic carbocycles. The minimum atomic E-state index is -3.03. The maximum atomic E-state index is 11.0. The Morgan fingerprint density at radius 1 is 1.36 bits per heavy atom. The molecular weight excluding hydrogens is 210 g/mol. The summed E-state index contributed by atoms with van der Waals surface area (Å²) < 4.78 is 22.1. The van der Waals surface area contributed by atoms with E-state index in [1.165, 1.54) is 0 Å². The van der Waals surface area contributed by atoms with Gasteiger partial charge in [0.25, 0.3) is 0 Å². The fourth-order valence-electron chi connectivity index (χ4n) is 1.33. The fraction of sp³-hybridized carbons (Fsp3) is 0.857. The molecule has 0 radical (unpaired) electrons. The third-order valence-electron chi connectivity index (χ3n) is 2.33. The Bertz CT molecular complexity index is 309. The van der Waals surface area contributed by atoms with E-state index < -0.39 is 21.5 Å². The molecule has 0 aromatic heterocycles. The molecule has 1 rings (SSSR count). The number of carboxylic acid groups (broad SMARTS) is 1. The lowest BCUT2D eigenvalue weighted by atomic mass is 9.97. The number of sulfone groups is 1. The van der Waals surface area contributed by atoms with Gasteiger partial charge in [0, 0.05) is 6.54 Å². The SMILES string of the molecule is O=C(O)NCC1(O)CCS(=O)(=O)CC1. The van der Waals surface area contributed by atoms with Gasteiger partial charge in [0.2, 0.25) is 0 Å². The number of amides is 1. The number of aliphatic hydroxyl groups is 1. The van der Waals surface area contributed by atoms with Crippen molar-refractivity contribution >= 4 is 15.9 Å². The molecule has 1 aliphatic heterocycles. The summed E-state index contributed by atoms with van der Waals surface area (Å²) in [4.78, 5) is 10.2. The lowest BCUT2D eigenvalue weighted by Crippen LogP contribution is -2.47. The Morgan fingerprint density at radius 2 is 1.86 bits per heavy atom. The van der Waals surface area contributed by atoms with Gasteiger partial charge in [-0.25, -0.2) is 13.2 Å². The summed E-state index contributed by atoms with van der Waals surface area (Å²) in [5.74, 6) is -0.157. The van der Waals surface area contributed by atoms with Crippen LogP contribution in [0.2, 0.25) is 0 Å². The zero-order chi connectivity index (χ0) is 10.8. The molecule has 0 atom stereocenters. The maximum Gasteiger partial charge on any atom is 0.404 e. The fourth-order valence-corrected chi connectivity index (χ4v) is 2.92. The number of hydrogen-bond acceptors (Lipinski definition) is 4. The smallest absolute Gasteiger partial charge is 0.404 e. The van der Waals surface area contributed by atoms with E-state index in [0.29, 0.717) is 0 Å². The second-order valence-corrected chi connectivity index (χ2v) is 5.84. The molecule has 0 bridgehead atoms. The molecule has 14 heavy (non-hydrogen) atoms. The monoisotopic (exact) mass is 223 g/mol. The van der Waals surface area contributed by atoms with Crippen molar-refractivity contribution in [1.82, 2.24) is 5.32 Å². The van der Waals surface area contributed by atoms with Gasteiger partial charge in [-0.05, 0) is 12.8 Å². The van der Waals surface area contributed by atoms with Crippen LogP contribution in [0.5, 0.6) is 0 Å². The van der Waals surface area contributed by atoms with E-state index in [0.717, 1.165) is 0 Å². The average Bonchev–Trinajstić information content (AvgIpc) is 2.08. The topological polar surface area (TPSA) is 104 Å². The lowest BCUT2D eigenvalue weighted by molar-refractivity contribution is 0.0310.